The van der Waals surface area contributed by atoms with Crippen LogP contribution < -0.4 is 4.74 Å². The number of ether oxygens (including phenoxy) is 1. The first-order valence-corrected chi connectivity index (χ1v) is 9.86. The highest BCUT2D eigenvalue weighted by molar-refractivity contribution is 5.89. The van der Waals surface area contributed by atoms with Crippen molar-refractivity contribution in [3.05, 3.63) is 29.8 Å². The second-order valence-electron chi connectivity index (χ2n) is 7.75. The molecule has 1 aromatic rings. The molecule has 0 bridgehead atoms. The third-order valence-corrected chi connectivity index (χ3v) is 5.85. The van der Waals surface area contributed by atoms with E-state index >= 15 is 0 Å². The topological polar surface area (TPSA) is 70.1 Å². The van der Waals surface area contributed by atoms with Crippen molar-refractivity contribution in [3.8, 4) is 5.75 Å². The Bertz CT molecular complexity index is 655. The van der Waals surface area contributed by atoms with E-state index in [1.54, 1.807) is 43.3 Å². The molecule has 1 aliphatic heterocycles. The van der Waals surface area contributed by atoms with Gasteiger partial charge in [-0.3, -0.25) is 9.59 Å². The highest BCUT2D eigenvalue weighted by Crippen LogP contribution is 2.29. The lowest BCUT2D eigenvalue weighted by atomic mass is 9.94. The minimum Gasteiger partial charge on any atom is -0.497 e. The minimum absolute atomic E-state index is 0.0609. The van der Waals surface area contributed by atoms with Crippen LogP contribution in [0, 0.1) is 5.92 Å². The summed E-state index contributed by atoms with van der Waals surface area (Å²) in [5.41, 5.74) is 0.738. The number of carbonyl (C=O) groups is 2. The maximum absolute atomic E-state index is 12.8. The quantitative estimate of drug-likeness (QED) is 0.830. The number of rotatable bonds is 6. The van der Waals surface area contributed by atoms with Gasteiger partial charge in [0.1, 0.15) is 5.75 Å². The van der Waals surface area contributed by atoms with Crippen LogP contribution >= 0.6 is 0 Å². The van der Waals surface area contributed by atoms with Crippen LogP contribution in [0.2, 0.25) is 0 Å². The Balaban J connectivity index is 1.55. The lowest BCUT2D eigenvalue weighted by molar-refractivity contribution is -0.135. The molecule has 2 atom stereocenters. The summed E-state index contributed by atoms with van der Waals surface area (Å²) < 4.78 is 5.12. The van der Waals surface area contributed by atoms with Gasteiger partial charge in [-0.15, -0.1) is 0 Å². The van der Waals surface area contributed by atoms with E-state index in [1.807, 2.05) is 4.90 Å². The van der Waals surface area contributed by atoms with Crippen molar-refractivity contribution >= 4 is 11.8 Å². The van der Waals surface area contributed by atoms with Gasteiger partial charge in [0.15, 0.2) is 0 Å². The number of amides is 2. The highest BCUT2D eigenvalue weighted by atomic mass is 16.5. The summed E-state index contributed by atoms with van der Waals surface area (Å²) in [6, 6.07) is 7.48. The molecule has 1 heterocycles. The van der Waals surface area contributed by atoms with Crippen molar-refractivity contribution in [1.29, 1.82) is 0 Å². The van der Waals surface area contributed by atoms with Crippen molar-refractivity contribution in [2.45, 2.75) is 50.7 Å². The molecule has 1 aromatic carbocycles. The highest BCUT2D eigenvalue weighted by Gasteiger charge is 2.39. The van der Waals surface area contributed by atoms with Crippen LogP contribution in [-0.4, -0.2) is 60.0 Å². The van der Waals surface area contributed by atoms with Gasteiger partial charge in [-0.05, 0) is 30.5 Å². The van der Waals surface area contributed by atoms with Crippen LogP contribution in [0.1, 0.15) is 50.2 Å². The number of hydrogen-bond acceptors (Lipinski definition) is 4. The molecule has 3 rings (SSSR count). The fourth-order valence-electron chi connectivity index (χ4n) is 4.24. The van der Waals surface area contributed by atoms with E-state index in [1.165, 1.54) is 19.3 Å². The lowest BCUT2D eigenvalue weighted by Crippen LogP contribution is -2.40. The Hall–Kier alpha value is -2.08. The van der Waals surface area contributed by atoms with Crippen molar-refractivity contribution in [2.24, 2.45) is 5.92 Å². The monoisotopic (exact) mass is 374 g/mol. The number of aliphatic hydroxyl groups excluding tert-OH is 1. The Morgan fingerprint density at radius 3 is 2.56 bits per heavy atom. The predicted molar refractivity (Wildman–Crippen MR) is 102 cm³/mol. The number of nitrogens with zero attached hydrogens (tertiary/aromatic N) is 2. The van der Waals surface area contributed by atoms with Gasteiger partial charge in [0.2, 0.25) is 11.8 Å². The van der Waals surface area contributed by atoms with Gasteiger partial charge < -0.3 is 19.6 Å². The van der Waals surface area contributed by atoms with E-state index in [0.717, 1.165) is 24.2 Å². The molecule has 2 aliphatic rings. The van der Waals surface area contributed by atoms with Crippen LogP contribution in [0.15, 0.2) is 24.3 Å². The largest absolute Gasteiger partial charge is 0.497 e. The summed E-state index contributed by atoms with van der Waals surface area (Å²) in [4.78, 5) is 28.7. The van der Waals surface area contributed by atoms with E-state index in [0.29, 0.717) is 12.6 Å². The van der Waals surface area contributed by atoms with Crippen molar-refractivity contribution in [2.75, 3.05) is 27.2 Å². The second-order valence-corrected chi connectivity index (χ2v) is 7.75. The zero-order valence-corrected chi connectivity index (χ0v) is 16.3. The zero-order valence-electron chi connectivity index (χ0n) is 16.3. The van der Waals surface area contributed by atoms with E-state index < -0.39 is 6.10 Å². The number of methoxy groups -OCH3 is 1. The Morgan fingerprint density at radius 2 is 1.93 bits per heavy atom. The second kappa shape index (κ2) is 8.74. The van der Waals surface area contributed by atoms with E-state index in [4.69, 9.17) is 4.74 Å². The van der Waals surface area contributed by atoms with Crippen molar-refractivity contribution in [1.82, 2.24) is 9.80 Å². The summed E-state index contributed by atoms with van der Waals surface area (Å²) in [5.74, 6) is 0.466. The molecule has 1 N–H and O–H groups in total. The third-order valence-electron chi connectivity index (χ3n) is 5.85. The molecule has 0 radical (unpaired) electrons. The standard InChI is InChI=1S/C21H30N2O4/c1-22(14-19(24)15-8-10-18(27-2)11-9-15)21(26)16-12-20(25)23(13-16)17-6-4-3-5-7-17/h8-11,16-17,19,24H,3-7,12-14H2,1-2H3. The number of carbonyl (C=O) groups excluding carboxylic acids is 2. The van der Waals surface area contributed by atoms with Crippen molar-refractivity contribution < 1.29 is 19.4 Å². The van der Waals surface area contributed by atoms with Gasteiger partial charge in [-0.25, -0.2) is 0 Å². The molecule has 1 saturated carbocycles. The molecule has 27 heavy (non-hydrogen) atoms. The summed E-state index contributed by atoms with van der Waals surface area (Å²) in [7, 11) is 3.29. The molecule has 2 unspecified atom stereocenters. The van der Waals surface area contributed by atoms with Gasteiger partial charge in [0.05, 0.1) is 25.7 Å². The molecule has 2 amide bonds. The molecule has 6 nitrogen and oxygen atoms in total. The summed E-state index contributed by atoms with van der Waals surface area (Å²) >= 11 is 0. The number of likely N-dealkylation sites (tertiary alicyclic amines) is 1. The SMILES string of the molecule is COc1ccc(C(O)CN(C)C(=O)C2CC(=O)N(C3CCCCC3)C2)cc1. The van der Waals surface area contributed by atoms with E-state index in [2.05, 4.69) is 0 Å². The fraction of sp³-hybridized carbons (Fsp3) is 0.619. The minimum atomic E-state index is -0.767. The smallest absolute Gasteiger partial charge is 0.227 e. The normalized spacial score (nSPS) is 22.0. The molecular formula is C21H30N2O4. The molecule has 0 spiro atoms. The molecule has 1 aliphatic carbocycles. The van der Waals surface area contributed by atoms with Crippen LogP contribution in [0.4, 0.5) is 0 Å². The maximum Gasteiger partial charge on any atom is 0.227 e. The first-order valence-electron chi connectivity index (χ1n) is 9.86. The number of likely N-dealkylation sites (N-methyl/N-ethyl adjacent to an activating group) is 1. The molecule has 2 fully saturated rings. The third kappa shape index (κ3) is 4.61. The lowest BCUT2D eigenvalue weighted by Gasteiger charge is -2.31. The van der Waals surface area contributed by atoms with Gasteiger partial charge in [-0.1, -0.05) is 31.4 Å². The average molecular weight is 374 g/mol. The van der Waals surface area contributed by atoms with Gasteiger partial charge in [0.25, 0.3) is 0 Å². The molecule has 0 aromatic heterocycles. The molecule has 6 heteroatoms. The van der Waals surface area contributed by atoms with Gasteiger partial charge in [-0.2, -0.15) is 0 Å². The Kier molecular flexibility index (Phi) is 6.37. The maximum atomic E-state index is 12.8. The van der Waals surface area contributed by atoms with Gasteiger partial charge >= 0.3 is 0 Å². The fourth-order valence-corrected chi connectivity index (χ4v) is 4.24. The molecule has 1 saturated heterocycles. The number of benzene rings is 1. The van der Waals surface area contributed by atoms with Crippen molar-refractivity contribution in [3.63, 3.8) is 0 Å². The van der Waals surface area contributed by atoms with E-state index in [-0.39, 0.29) is 30.7 Å². The Morgan fingerprint density at radius 1 is 1.26 bits per heavy atom. The van der Waals surface area contributed by atoms with Crippen LogP contribution in [-0.2, 0) is 9.59 Å². The van der Waals surface area contributed by atoms with Crippen LogP contribution in [0.3, 0.4) is 0 Å². The summed E-state index contributed by atoms with van der Waals surface area (Å²) in [6.07, 6.45) is 5.21. The zero-order chi connectivity index (χ0) is 19.4. The summed E-state index contributed by atoms with van der Waals surface area (Å²) in [5, 5.41) is 10.4. The first-order chi connectivity index (χ1) is 13.0. The van der Waals surface area contributed by atoms with Crippen LogP contribution in [0.25, 0.3) is 0 Å². The predicted octanol–water partition coefficient (Wildman–Crippen LogP) is 2.37. The van der Waals surface area contributed by atoms with E-state index in [9.17, 15) is 14.7 Å². The number of hydrogen-bond donors (Lipinski definition) is 1. The first kappa shape index (κ1) is 19.7. The van der Waals surface area contributed by atoms with Crippen LogP contribution in [0.5, 0.6) is 5.75 Å². The van der Waals surface area contributed by atoms with Gasteiger partial charge in [0, 0.05) is 26.1 Å². The molecule has 148 valence electrons. The number of aliphatic hydroxyl groups is 1. The average Bonchev–Trinajstić information content (AvgIpc) is 3.09. The Labute approximate surface area is 161 Å². The summed E-state index contributed by atoms with van der Waals surface area (Å²) in [6.45, 7) is 0.727. The molecular weight excluding hydrogens is 344 g/mol.